The fourth-order valence-electron chi connectivity index (χ4n) is 3.14. The van der Waals surface area contributed by atoms with Gasteiger partial charge in [-0.25, -0.2) is 8.42 Å². The van der Waals surface area contributed by atoms with Crippen molar-refractivity contribution in [2.24, 2.45) is 5.92 Å². The van der Waals surface area contributed by atoms with Crippen LogP contribution in [0.1, 0.15) is 24.2 Å². The third-order valence-electron chi connectivity index (χ3n) is 4.69. The standard InChI is InChI=1S/C21H28N4O3S/c1-16(2)15-23-21(26)17-8-9-20(25-12-10-22-11-13-25)19(14-17)24-29(27,28)18-6-4-3-5-7-18/h3-9,14,16,22,24H,10-13,15H2,1-2H3,(H,23,26). The van der Waals surface area contributed by atoms with Gasteiger partial charge in [0.25, 0.3) is 15.9 Å². The fourth-order valence-corrected chi connectivity index (χ4v) is 4.23. The number of carbonyl (C=O) groups is 1. The van der Waals surface area contributed by atoms with E-state index in [1.807, 2.05) is 19.9 Å². The molecule has 0 radical (unpaired) electrons. The Morgan fingerprint density at radius 1 is 1.10 bits per heavy atom. The normalized spacial score (nSPS) is 14.7. The van der Waals surface area contributed by atoms with Crippen LogP contribution in [0.3, 0.4) is 0 Å². The molecule has 156 valence electrons. The highest BCUT2D eigenvalue weighted by molar-refractivity contribution is 7.92. The zero-order chi connectivity index (χ0) is 20.9. The molecule has 8 heteroatoms. The number of amides is 1. The van der Waals surface area contributed by atoms with Gasteiger partial charge in [-0.2, -0.15) is 0 Å². The Bertz CT molecular complexity index is 940. The van der Waals surface area contributed by atoms with Gasteiger partial charge >= 0.3 is 0 Å². The van der Waals surface area contributed by atoms with Crippen LogP contribution >= 0.6 is 0 Å². The number of piperazine rings is 1. The molecule has 7 nitrogen and oxygen atoms in total. The molecular formula is C21H28N4O3S. The SMILES string of the molecule is CC(C)CNC(=O)c1ccc(N2CCNCC2)c(NS(=O)(=O)c2ccccc2)c1. The highest BCUT2D eigenvalue weighted by Crippen LogP contribution is 2.30. The van der Waals surface area contributed by atoms with E-state index in [0.29, 0.717) is 23.7 Å². The van der Waals surface area contributed by atoms with Gasteiger partial charge in [0.05, 0.1) is 16.3 Å². The summed E-state index contributed by atoms with van der Waals surface area (Å²) < 4.78 is 28.5. The first-order chi connectivity index (χ1) is 13.9. The van der Waals surface area contributed by atoms with Crippen molar-refractivity contribution in [3.63, 3.8) is 0 Å². The molecular weight excluding hydrogens is 388 g/mol. The predicted octanol–water partition coefficient (Wildman–Crippen LogP) is 2.28. The number of nitrogens with one attached hydrogen (secondary N) is 3. The van der Waals surface area contributed by atoms with E-state index < -0.39 is 10.0 Å². The Balaban J connectivity index is 1.94. The molecule has 0 aromatic heterocycles. The maximum absolute atomic E-state index is 12.9. The first kappa shape index (κ1) is 21.1. The number of anilines is 2. The first-order valence-corrected chi connectivity index (χ1v) is 11.3. The molecule has 0 spiro atoms. The summed E-state index contributed by atoms with van der Waals surface area (Å²) in [5.41, 5.74) is 1.61. The van der Waals surface area contributed by atoms with Crippen LogP contribution in [0.2, 0.25) is 0 Å². The largest absolute Gasteiger partial charge is 0.367 e. The lowest BCUT2D eigenvalue weighted by molar-refractivity contribution is 0.0949. The van der Waals surface area contributed by atoms with Crippen LogP contribution in [-0.4, -0.2) is 47.0 Å². The number of carbonyl (C=O) groups excluding carboxylic acids is 1. The van der Waals surface area contributed by atoms with Crippen LogP contribution in [-0.2, 0) is 10.0 Å². The monoisotopic (exact) mass is 416 g/mol. The first-order valence-electron chi connectivity index (χ1n) is 9.82. The maximum Gasteiger partial charge on any atom is 0.261 e. The van der Waals surface area contributed by atoms with Crippen molar-refractivity contribution in [3.8, 4) is 0 Å². The summed E-state index contributed by atoms with van der Waals surface area (Å²) in [5, 5.41) is 6.17. The van der Waals surface area contributed by atoms with Crippen LogP contribution in [0.25, 0.3) is 0 Å². The molecule has 0 bridgehead atoms. The van der Waals surface area contributed by atoms with Crippen LogP contribution in [0.5, 0.6) is 0 Å². The van der Waals surface area contributed by atoms with Gasteiger partial charge in [0.15, 0.2) is 0 Å². The highest BCUT2D eigenvalue weighted by Gasteiger charge is 2.21. The number of sulfonamides is 1. The van der Waals surface area contributed by atoms with Crippen LogP contribution in [0, 0.1) is 5.92 Å². The quantitative estimate of drug-likeness (QED) is 0.644. The molecule has 1 aliphatic heterocycles. The Kier molecular flexibility index (Phi) is 6.76. The van der Waals surface area contributed by atoms with Crippen LogP contribution in [0.4, 0.5) is 11.4 Å². The second-order valence-electron chi connectivity index (χ2n) is 7.49. The van der Waals surface area contributed by atoms with Crippen molar-refractivity contribution in [2.75, 3.05) is 42.3 Å². The zero-order valence-corrected chi connectivity index (χ0v) is 17.6. The molecule has 2 aromatic carbocycles. The Labute approximate surface area is 172 Å². The van der Waals surface area contributed by atoms with Gasteiger partial charge in [0.1, 0.15) is 0 Å². The van der Waals surface area contributed by atoms with Crippen molar-refractivity contribution >= 4 is 27.3 Å². The molecule has 0 aliphatic carbocycles. The van der Waals surface area contributed by atoms with Gasteiger partial charge in [-0.15, -0.1) is 0 Å². The molecule has 29 heavy (non-hydrogen) atoms. The molecule has 1 aliphatic rings. The molecule has 0 atom stereocenters. The summed E-state index contributed by atoms with van der Waals surface area (Å²) in [6.45, 7) is 7.77. The summed E-state index contributed by atoms with van der Waals surface area (Å²) in [7, 11) is -3.77. The summed E-state index contributed by atoms with van der Waals surface area (Å²) in [5.74, 6) is 0.112. The predicted molar refractivity (Wildman–Crippen MR) is 116 cm³/mol. The molecule has 1 amide bonds. The maximum atomic E-state index is 12.9. The number of rotatable bonds is 7. The minimum absolute atomic E-state index is 0.181. The molecule has 1 heterocycles. The van der Waals surface area contributed by atoms with Gasteiger partial charge in [0.2, 0.25) is 0 Å². The zero-order valence-electron chi connectivity index (χ0n) is 16.8. The minimum Gasteiger partial charge on any atom is -0.367 e. The number of hydrogen-bond donors (Lipinski definition) is 3. The Morgan fingerprint density at radius 3 is 2.45 bits per heavy atom. The number of hydrogen-bond acceptors (Lipinski definition) is 5. The van der Waals surface area contributed by atoms with Crippen molar-refractivity contribution in [1.82, 2.24) is 10.6 Å². The highest BCUT2D eigenvalue weighted by atomic mass is 32.2. The molecule has 1 fully saturated rings. The van der Waals surface area contributed by atoms with Gasteiger partial charge in [-0.05, 0) is 36.2 Å². The van der Waals surface area contributed by atoms with Gasteiger partial charge < -0.3 is 15.5 Å². The molecule has 1 saturated heterocycles. The van der Waals surface area contributed by atoms with E-state index in [4.69, 9.17) is 0 Å². The molecule has 3 rings (SSSR count). The number of benzene rings is 2. The van der Waals surface area contributed by atoms with Crippen LogP contribution < -0.4 is 20.3 Å². The molecule has 0 unspecified atom stereocenters. The summed E-state index contributed by atoms with van der Waals surface area (Å²) in [4.78, 5) is 14.8. The summed E-state index contributed by atoms with van der Waals surface area (Å²) in [6, 6.07) is 13.4. The van der Waals surface area contributed by atoms with Gasteiger partial charge in [-0.1, -0.05) is 32.0 Å². The fraction of sp³-hybridized carbons (Fsp3) is 0.381. The van der Waals surface area contributed by atoms with Crippen molar-refractivity contribution in [3.05, 3.63) is 54.1 Å². The van der Waals surface area contributed by atoms with E-state index in [0.717, 1.165) is 31.9 Å². The third-order valence-corrected chi connectivity index (χ3v) is 6.07. The molecule has 0 saturated carbocycles. The molecule has 2 aromatic rings. The van der Waals surface area contributed by atoms with Crippen molar-refractivity contribution in [1.29, 1.82) is 0 Å². The summed E-state index contributed by atoms with van der Waals surface area (Å²) in [6.07, 6.45) is 0. The van der Waals surface area contributed by atoms with Crippen molar-refractivity contribution < 1.29 is 13.2 Å². The average molecular weight is 417 g/mol. The second kappa shape index (κ2) is 9.28. The average Bonchev–Trinajstić information content (AvgIpc) is 2.73. The molecule has 3 N–H and O–H groups in total. The van der Waals surface area contributed by atoms with Gasteiger partial charge in [0, 0.05) is 38.3 Å². The smallest absolute Gasteiger partial charge is 0.261 e. The van der Waals surface area contributed by atoms with Crippen LogP contribution in [0.15, 0.2) is 53.4 Å². The van der Waals surface area contributed by atoms with E-state index in [1.165, 1.54) is 0 Å². The van der Waals surface area contributed by atoms with E-state index in [-0.39, 0.29) is 10.8 Å². The Morgan fingerprint density at radius 2 is 1.79 bits per heavy atom. The summed E-state index contributed by atoms with van der Waals surface area (Å²) >= 11 is 0. The van der Waals surface area contributed by atoms with E-state index in [9.17, 15) is 13.2 Å². The number of nitrogens with zero attached hydrogens (tertiary/aromatic N) is 1. The lowest BCUT2D eigenvalue weighted by atomic mass is 10.1. The Hall–Kier alpha value is -2.58. The van der Waals surface area contributed by atoms with Crippen molar-refractivity contribution in [2.45, 2.75) is 18.7 Å². The van der Waals surface area contributed by atoms with E-state index >= 15 is 0 Å². The lowest BCUT2D eigenvalue weighted by Crippen LogP contribution is -2.43. The van der Waals surface area contributed by atoms with Gasteiger partial charge in [-0.3, -0.25) is 9.52 Å². The topological polar surface area (TPSA) is 90.5 Å². The third kappa shape index (κ3) is 5.48. The van der Waals surface area contributed by atoms with E-state index in [2.05, 4.69) is 20.3 Å². The second-order valence-corrected chi connectivity index (χ2v) is 9.17. The lowest BCUT2D eigenvalue weighted by Gasteiger charge is -2.31. The minimum atomic E-state index is -3.77. The van der Waals surface area contributed by atoms with E-state index in [1.54, 1.807) is 42.5 Å².